The molecule has 5 rings (SSSR count). The number of ether oxygens (including phenoxy) is 2. The lowest BCUT2D eigenvalue weighted by Crippen LogP contribution is -2.75. The zero-order valence-corrected chi connectivity index (χ0v) is 22.6. The minimum atomic E-state index is -1.23. The topological polar surface area (TPSA) is 96.2 Å². The van der Waals surface area contributed by atoms with Crippen LogP contribution in [0.15, 0.2) is 41.5 Å². The van der Waals surface area contributed by atoms with Crippen LogP contribution in [0.25, 0.3) is 0 Å². The average Bonchev–Trinajstić information content (AvgIpc) is 2.80. The van der Waals surface area contributed by atoms with E-state index < -0.39 is 40.7 Å². The molecule has 0 aromatic heterocycles. The molecule has 1 aliphatic heterocycles. The van der Waals surface area contributed by atoms with Gasteiger partial charge in [0.15, 0.2) is 6.10 Å². The minimum Gasteiger partial charge on any atom is -0.455 e. The Morgan fingerprint density at radius 2 is 1.75 bits per heavy atom. The summed E-state index contributed by atoms with van der Waals surface area (Å²) in [4.78, 5) is 12.4. The molecule has 1 unspecified atom stereocenters. The first-order chi connectivity index (χ1) is 16.7. The summed E-state index contributed by atoms with van der Waals surface area (Å²) < 4.78 is 11.9. The number of allylic oxidation sites excluding steroid dienone is 1. The number of esters is 1. The maximum atomic E-state index is 13.1. The van der Waals surface area contributed by atoms with Gasteiger partial charge in [0.25, 0.3) is 0 Å². The lowest BCUT2D eigenvalue weighted by Gasteiger charge is -2.70. The number of rotatable bonds is 2. The summed E-state index contributed by atoms with van der Waals surface area (Å²) in [6, 6.07) is 10.1. The Morgan fingerprint density at radius 3 is 2.31 bits per heavy atom. The van der Waals surface area contributed by atoms with Crippen LogP contribution in [-0.4, -0.2) is 57.9 Å². The Bertz CT molecular complexity index is 1080. The summed E-state index contributed by atoms with van der Waals surface area (Å²) in [6.07, 6.45) is -2.27. The molecule has 3 N–H and O–H groups in total. The first-order valence-corrected chi connectivity index (χ1v) is 13.3. The fourth-order valence-electron chi connectivity index (χ4n) is 8.74. The van der Waals surface area contributed by atoms with E-state index in [0.29, 0.717) is 19.4 Å². The fraction of sp³-hybridized carbons (Fsp3) is 0.700. The van der Waals surface area contributed by atoms with Gasteiger partial charge in [0.05, 0.1) is 24.4 Å². The first-order valence-electron chi connectivity index (χ1n) is 13.3. The molecule has 0 spiro atoms. The van der Waals surface area contributed by atoms with Gasteiger partial charge in [-0.3, -0.25) is 4.79 Å². The summed E-state index contributed by atoms with van der Waals surface area (Å²) in [5, 5.41) is 37.1. The third-order valence-electron chi connectivity index (χ3n) is 10.9. The van der Waals surface area contributed by atoms with Gasteiger partial charge in [-0.05, 0) is 36.3 Å². The van der Waals surface area contributed by atoms with Gasteiger partial charge in [-0.15, -0.1) is 0 Å². The number of benzene rings is 1. The van der Waals surface area contributed by atoms with Crippen molar-refractivity contribution in [3.63, 3.8) is 0 Å². The molecule has 0 amide bonds. The average molecular weight is 499 g/mol. The normalized spacial score (nSPS) is 47.6. The summed E-state index contributed by atoms with van der Waals surface area (Å²) in [5.74, 6) is -1.19. The molecule has 0 radical (unpaired) electrons. The highest BCUT2D eigenvalue weighted by atomic mass is 16.6. The molecule has 6 heteroatoms. The van der Waals surface area contributed by atoms with E-state index in [1.54, 1.807) is 0 Å². The zero-order chi connectivity index (χ0) is 26.4. The van der Waals surface area contributed by atoms with Gasteiger partial charge in [-0.25, -0.2) is 0 Å². The number of aliphatic hydroxyl groups is 3. The molecule has 2 saturated carbocycles. The van der Waals surface area contributed by atoms with Gasteiger partial charge in [-0.1, -0.05) is 70.5 Å². The van der Waals surface area contributed by atoms with Gasteiger partial charge in [0, 0.05) is 35.5 Å². The SMILES string of the molecule is CC(=O)O[C@@H]1C2=C(C)[C@@H](C)C[C@@](O)([C@@H](c3ccccc3)C3[C@@](C)([C@@H](O)C[C@H]4OC[C@@]34C)[C@H]1O)C2(C)C. The molecule has 1 saturated heterocycles. The van der Waals surface area contributed by atoms with Crippen LogP contribution in [0.4, 0.5) is 0 Å². The number of hydrogen-bond donors (Lipinski definition) is 3. The lowest BCUT2D eigenvalue weighted by molar-refractivity contribution is -0.319. The Kier molecular flexibility index (Phi) is 5.85. The monoisotopic (exact) mass is 498 g/mol. The van der Waals surface area contributed by atoms with Crippen molar-refractivity contribution >= 4 is 5.97 Å². The molecular formula is C30H42O6. The number of fused-ring (bicyclic) bond motifs is 5. The fourth-order valence-corrected chi connectivity index (χ4v) is 8.74. The molecule has 3 aliphatic carbocycles. The van der Waals surface area contributed by atoms with Crippen LogP contribution >= 0.6 is 0 Å². The minimum absolute atomic E-state index is 0.0219. The van der Waals surface area contributed by atoms with Gasteiger partial charge in [-0.2, -0.15) is 0 Å². The highest BCUT2D eigenvalue weighted by Crippen LogP contribution is 2.70. The maximum absolute atomic E-state index is 13.1. The van der Waals surface area contributed by atoms with Gasteiger partial charge in [0.2, 0.25) is 0 Å². The Hall–Kier alpha value is -1.73. The second-order valence-electron chi connectivity index (χ2n) is 13.0. The van der Waals surface area contributed by atoms with E-state index in [-0.39, 0.29) is 29.3 Å². The van der Waals surface area contributed by atoms with E-state index in [2.05, 4.69) is 26.0 Å². The van der Waals surface area contributed by atoms with Crippen molar-refractivity contribution in [2.75, 3.05) is 6.61 Å². The van der Waals surface area contributed by atoms with Crippen LogP contribution in [-0.2, 0) is 14.3 Å². The molecular weight excluding hydrogens is 456 g/mol. The third-order valence-corrected chi connectivity index (χ3v) is 10.9. The number of aliphatic hydroxyl groups excluding tert-OH is 2. The molecule has 2 bridgehead atoms. The molecule has 36 heavy (non-hydrogen) atoms. The van der Waals surface area contributed by atoms with Gasteiger partial charge >= 0.3 is 5.97 Å². The number of carbonyl (C=O) groups excluding carboxylic acids is 1. The first kappa shape index (κ1) is 25.9. The van der Waals surface area contributed by atoms with E-state index >= 15 is 0 Å². The Balaban J connectivity index is 1.88. The van der Waals surface area contributed by atoms with E-state index in [1.807, 2.05) is 45.9 Å². The van der Waals surface area contributed by atoms with Crippen molar-refractivity contribution in [3.8, 4) is 0 Å². The largest absolute Gasteiger partial charge is 0.455 e. The Morgan fingerprint density at radius 1 is 1.11 bits per heavy atom. The summed E-state index contributed by atoms with van der Waals surface area (Å²) in [5.41, 5.74) is -0.680. The number of carbonyl (C=O) groups is 1. The van der Waals surface area contributed by atoms with Crippen molar-refractivity contribution in [1.29, 1.82) is 0 Å². The second-order valence-corrected chi connectivity index (χ2v) is 13.0. The highest BCUT2D eigenvalue weighted by molar-refractivity contribution is 5.67. The molecule has 1 aromatic rings. The van der Waals surface area contributed by atoms with Crippen LogP contribution in [0.5, 0.6) is 0 Å². The molecule has 1 aromatic carbocycles. The predicted molar refractivity (Wildman–Crippen MR) is 136 cm³/mol. The van der Waals surface area contributed by atoms with Gasteiger partial charge in [0.1, 0.15) is 6.10 Å². The van der Waals surface area contributed by atoms with Crippen molar-refractivity contribution in [1.82, 2.24) is 0 Å². The number of hydrogen-bond acceptors (Lipinski definition) is 6. The van der Waals surface area contributed by atoms with E-state index in [1.165, 1.54) is 6.92 Å². The van der Waals surface area contributed by atoms with Gasteiger partial charge < -0.3 is 24.8 Å². The molecule has 3 fully saturated rings. The van der Waals surface area contributed by atoms with Crippen LogP contribution in [0, 0.1) is 28.1 Å². The predicted octanol–water partition coefficient (Wildman–Crippen LogP) is 3.98. The molecule has 6 nitrogen and oxygen atoms in total. The van der Waals surface area contributed by atoms with Crippen molar-refractivity contribution in [3.05, 3.63) is 47.0 Å². The maximum Gasteiger partial charge on any atom is 0.303 e. The summed E-state index contributed by atoms with van der Waals surface area (Å²) >= 11 is 0. The van der Waals surface area contributed by atoms with Crippen molar-refractivity contribution in [2.45, 2.75) is 97.2 Å². The van der Waals surface area contributed by atoms with E-state index in [0.717, 1.165) is 16.7 Å². The quantitative estimate of drug-likeness (QED) is 0.422. The third kappa shape index (κ3) is 3.14. The molecule has 198 valence electrons. The smallest absolute Gasteiger partial charge is 0.303 e. The van der Waals surface area contributed by atoms with Crippen molar-refractivity contribution in [2.24, 2.45) is 28.1 Å². The lowest BCUT2D eigenvalue weighted by atomic mass is 9.39. The molecule has 10 atom stereocenters. The van der Waals surface area contributed by atoms with Crippen LogP contribution in [0.2, 0.25) is 0 Å². The van der Waals surface area contributed by atoms with Crippen LogP contribution in [0.3, 0.4) is 0 Å². The second kappa shape index (κ2) is 8.13. The summed E-state index contributed by atoms with van der Waals surface area (Å²) in [6.45, 7) is 14.1. The molecule has 1 heterocycles. The van der Waals surface area contributed by atoms with E-state index in [9.17, 15) is 20.1 Å². The summed E-state index contributed by atoms with van der Waals surface area (Å²) in [7, 11) is 0. The zero-order valence-electron chi connectivity index (χ0n) is 22.6. The van der Waals surface area contributed by atoms with E-state index in [4.69, 9.17) is 9.47 Å². The molecule has 4 aliphatic rings. The highest BCUT2D eigenvalue weighted by Gasteiger charge is 2.73. The standard InChI is InChI=1S/C30H42O6/c1-16-14-30(34)23(19-11-9-8-10-12-19)25-28(6)15-35-21(28)13-20(32)29(25,7)26(33)24(36-18(3)31)22(17(16)2)27(30,4)5/h8-12,16,20-21,23-26,32-34H,13-15H2,1-7H3/t16-,20-,21+,23-,24+,25?,26-,28+,29+,30+/m0/s1. The Labute approximate surface area is 214 Å². The van der Waals surface area contributed by atoms with Crippen LogP contribution < -0.4 is 0 Å². The van der Waals surface area contributed by atoms with Crippen molar-refractivity contribution < 1.29 is 29.6 Å². The van der Waals surface area contributed by atoms with Crippen LogP contribution in [0.1, 0.15) is 72.8 Å².